The summed E-state index contributed by atoms with van der Waals surface area (Å²) in [5.74, 6) is 0.0760. The van der Waals surface area contributed by atoms with Crippen molar-refractivity contribution in [1.29, 1.82) is 0 Å². The fraction of sp³-hybridized carbons (Fsp3) is 0.632. The van der Waals surface area contributed by atoms with Crippen LogP contribution in [0.4, 0.5) is 0 Å². The molecule has 0 heterocycles. The number of ether oxygens (including phenoxy) is 1. The summed E-state index contributed by atoms with van der Waals surface area (Å²) in [6.45, 7) is 6.27. The molecule has 4 heteroatoms. The second-order valence-corrected chi connectivity index (χ2v) is 6.93. The van der Waals surface area contributed by atoms with E-state index in [-0.39, 0.29) is 17.4 Å². The molecular weight excluding hydrogens is 288 g/mol. The number of nitrogens with zero attached hydrogens (tertiary/aromatic N) is 1. The first-order valence-electron chi connectivity index (χ1n) is 8.56. The summed E-state index contributed by atoms with van der Waals surface area (Å²) in [4.78, 5) is 14.8. The van der Waals surface area contributed by atoms with Crippen LogP contribution in [0.15, 0.2) is 24.3 Å². The molecule has 0 radical (unpaired) electrons. The second kappa shape index (κ2) is 7.93. The molecule has 1 atom stereocenters. The number of nitrogens with one attached hydrogen (secondary N) is 1. The van der Waals surface area contributed by atoms with Crippen molar-refractivity contribution in [3.05, 3.63) is 35.4 Å². The Bertz CT molecular complexity index is 524. The Morgan fingerprint density at radius 3 is 2.57 bits per heavy atom. The number of likely N-dealkylation sites (N-methyl/N-ethyl adjacent to an activating group) is 1. The SMILES string of the molecule is CCOCC1(CNC(=O)[C@@H](c2ccccc2C)N(C)C)CCC1. The Hall–Kier alpha value is -1.39. The minimum Gasteiger partial charge on any atom is -0.381 e. The van der Waals surface area contributed by atoms with Gasteiger partial charge in [0.15, 0.2) is 0 Å². The summed E-state index contributed by atoms with van der Waals surface area (Å²) < 4.78 is 5.62. The minimum atomic E-state index is -0.250. The Kier molecular flexibility index (Phi) is 6.19. The lowest BCUT2D eigenvalue weighted by Gasteiger charge is -2.42. The van der Waals surface area contributed by atoms with Crippen molar-refractivity contribution in [2.24, 2.45) is 5.41 Å². The van der Waals surface area contributed by atoms with Gasteiger partial charge in [-0.05, 0) is 51.9 Å². The molecule has 1 aromatic rings. The van der Waals surface area contributed by atoms with Crippen molar-refractivity contribution in [2.45, 2.75) is 39.2 Å². The predicted molar refractivity (Wildman–Crippen MR) is 93.4 cm³/mol. The second-order valence-electron chi connectivity index (χ2n) is 6.93. The van der Waals surface area contributed by atoms with Gasteiger partial charge in [-0.1, -0.05) is 30.7 Å². The van der Waals surface area contributed by atoms with E-state index in [0.29, 0.717) is 6.54 Å². The molecule has 23 heavy (non-hydrogen) atoms. The van der Waals surface area contributed by atoms with Gasteiger partial charge in [0.2, 0.25) is 5.91 Å². The first-order chi connectivity index (χ1) is 11.0. The van der Waals surface area contributed by atoms with Crippen LogP contribution in [-0.4, -0.2) is 44.7 Å². The van der Waals surface area contributed by atoms with Crippen LogP contribution < -0.4 is 5.32 Å². The predicted octanol–water partition coefficient (Wildman–Crippen LogP) is 2.92. The monoisotopic (exact) mass is 318 g/mol. The van der Waals surface area contributed by atoms with Crippen LogP contribution in [-0.2, 0) is 9.53 Å². The van der Waals surface area contributed by atoms with E-state index in [0.717, 1.165) is 37.2 Å². The molecule has 128 valence electrons. The average molecular weight is 318 g/mol. The maximum Gasteiger partial charge on any atom is 0.241 e. The highest BCUT2D eigenvalue weighted by Crippen LogP contribution is 2.40. The van der Waals surface area contributed by atoms with Gasteiger partial charge in [-0.25, -0.2) is 0 Å². The Labute approximate surface area is 140 Å². The Morgan fingerprint density at radius 2 is 2.04 bits per heavy atom. The highest BCUT2D eigenvalue weighted by atomic mass is 16.5. The third-order valence-electron chi connectivity index (χ3n) is 4.91. The van der Waals surface area contributed by atoms with Crippen LogP contribution in [0.3, 0.4) is 0 Å². The molecule has 2 rings (SSSR count). The quantitative estimate of drug-likeness (QED) is 0.801. The highest BCUT2D eigenvalue weighted by molar-refractivity contribution is 5.83. The van der Waals surface area contributed by atoms with E-state index in [1.807, 2.05) is 44.1 Å². The molecule has 0 bridgehead atoms. The van der Waals surface area contributed by atoms with Gasteiger partial charge in [0.1, 0.15) is 6.04 Å². The average Bonchev–Trinajstić information content (AvgIpc) is 2.48. The molecule has 1 aliphatic rings. The fourth-order valence-electron chi connectivity index (χ4n) is 3.29. The molecule has 0 spiro atoms. The van der Waals surface area contributed by atoms with Crippen LogP contribution in [0.25, 0.3) is 0 Å². The zero-order valence-electron chi connectivity index (χ0n) is 14.9. The molecule has 0 unspecified atom stereocenters. The van der Waals surface area contributed by atoms with Crippen LogP contribution in [0.2, 0.25) is 0 Å². The van der Waals surface area contributed by atoms with Crippen molar-refractivity contribution in [2.75, 3.05) is 33.9 Å². The summed E-state index contributed by atoms with van der Waals surface area (Å²) in [6, 6.07) is 7.85. The zero-order chi connectivity index (χ0) is 16.9. The van der Waals surface area contributed by atoms with E-state index in [9.17, 15) is 4.79 Å². The first-order valence-corrected chi connectivity index (χ1v) is 8.56. The van der Waals surface area contributed by atoms with E-state index in [4.69, 9.17) is 4.74 Å². The van der Waals surface area contributed by atoms with E-state index in [1.54, 1.807) is 0 Å². The summed E-state index contributed by atoms with van der Waals surface area (Å²) in [5.41, 5.74) is 2.37. The van der Waals surface area contributed by atoms with Crippen molar-refractivity contribution in [3.63, 3.8) is 0 Å². The number of carbonyl (C=O) groups is 1. The molecule has 1 aliphatic carbocycles. The van der Waals surface area contributed by atoms with Crippen LogP contribution in [0, 0.1) is 12.3 Å². The summed E-state index contributed by atoms with van der Waals surface area (Å²) >= 11 is 0. The lowest BCUT2D eigenvalue weighted by molar-refractivity contribution is -0.127. The van der Waals surface area contributed by atoms with Gasteiger partial charge in [-0.2, -0.15) is 0 Å². The van der Waals surface area contributed by atoms with Gasteiger partial charge in [-0.3, -0.25) is 9.69 Å². The number of carbonyl (C=O) groups excluding carboxylic acids is 1. The lowest BCUT2D eigenvalue weighted by Crippen LogP contribution is -2.47. The summed E-state index contributed by atoms with van der Waals surface area (Å²) in [5, 5.41) is 3.18. The lowest BCUT2D eigenvalue weighted by atomic mass is 9.69. The van der Waals surface area contributed by atoms with E-state index < -0.39 is 0 Å². The molecule has 1 aromatic carbocycles. The van der Waals surface area contributed by atoms with E-state index in [1.165, 1.54) is 6.42 Å². The molecule has 1 amide bonds. The number of amides is 1. The summed E-state index contributed by atoms with van der Waals surface area (Å²) in [6.07, 6.45) is 3.52. The number of aryl methyl sites for hydroxylation is 1. The third-order valence-corrected chi connectivity index (χ3v) is 4.91. The molecule has 0 aliphatic heterocycles. The maximum atomic E-state index is 12.8. The van der Waals surface area contributed by atoms with Crippen LogP contribution in [0.1, 0.15) is 43.4 Å². The van der Waals surface area contributed by atoms with Crippen molar-refractivity contribution in [3.8, 4) is 0 Å². The van der Waals surface area contributed by atoms with Crippen LogP contribution >= 0.6 is 0 Å². The molecule has 1 saturated carbocycles. The smallest absolute Gasteiger partial charge is 0.241 e. The standard InChI is InChI=1S/C19H30N2O2/c1-5-23-14-19(11-8-12-19)13-20-18(22)17(21(3)4)16-10-7-6-9-15(16)2/h6-7,9-10,17H,5,8,11-14H2,1-4H3,(H,20,22)/t17-/m1/s1. The van der Waals surface area contributed by atoms with Crippen LogP contribution in [0.5, 0.6) is 0 Å². The van der Waals surface area contributed by atoms with Crippen molar-refractivity contribution in [1.82, 2.24) is 10.2 Å². The molecule has 0 saturated heterocycles. The van der Waals surface area contributed by atoms with Crippen molar-refractivity contribution >= 4 is 5.91 Å². The maximum absolute atomic E-state index is 12.8. The largest absolute Gasteiger partial charge is 0.381 e. The number of benzene rings is 1. The van der Waals surface area contributed by atoms with Gasteiger partial charge in [0.25, 0.3) is 0 Å². The normalized spacial score (nSPS) is 17.6. The van der Waals surface area contributed by atoms with Gasteiger partial charge in [-0.15, -0.1) is 0 Å². The molecule has 4 nitrogen and oxygen atoms in total. The van der Waals surface area contributed by atoms with E-state index >= 15 is 0 Å². The molecule has 0 aromatic heterocycles. The van der Waals surface area contributed by atoms with Gasteiger partial charge in [0, 0.05) is 18.6 Å². The summed E-state index contributed by atoms with van der Waals surface area (Å²) in [7, 11) is 3.91. The minimum absolute atomic E-state index is 0.0760. The van der Waals surface area contributed by atoms with Gasteiger partial charge >= 0.3 is 0 Å². The fourth-order valence-corrected chi connectivity index (χ4v) is 3.29. The molecule has 1 N–H and O–H groups in total. The zero-order valence-corrected chi connectivity index (χ0v) is 14.9. The highest BCUT2D eigenvalue weighted by Gasteiger charge is 2.38. The van der Waals surface area contributed by atoms with Gasteiger partial charge < -0.3 is 10.1 Å². The van der Waals surface area contributed by atoms with Crippen molar-refractivity contribution < 1.29 is 9.53 Å². The van der Waals surface area contributed by atoms with Gasteiger partial charge in [0.05, 0.1) is 6.61 Å². The Balaban J connectivity index is 2.03. The Morgan fingerprint density at radius 1 is 1.35 bits per heavy atom. The number of rotatable bonds is 8. The van der Waals surface area contributed by atoms with E-state index in [2.05, 4.69) is 18.3 Å². The third kappa shape index (κ3) is 4.33. The number of hydrogen-bond donors (Lipinski definition) is 1. The first kappa shape index (κ1) is 18.0. The number of hydrogen-bond acceptors (Lipinski definition) is 3. The molecular formula is C19H30N2O2. The topological polar surface area (TPSA) is 41.6 Å². The molecule has 1 fully saturated rings.